The summed E-state index contributed by atoms with van der Waals surface area (Å²) in [7, 11) is 1.69. The van der Waals surface area contributed by atoms with Crippen molar-refractivity contribution in [2.75, 3.05) is 25.5 Å². The molecule has 2 heterocycles. The lowest BCUT2D eigenvalue weighted by Crippen LogP contribution is -2.40. The standard InChI is InChI=1S/C18H25N5OS/c1-12-10-14(4-5-16(12)24-3)11-17-22-23-18(25-17)21-13(2)20-15-6-8-19-9-7-15/h4-5,10,15,19-20H,2,6-9,11H2,1,3H3,(H,21,23). The summed E-state index contributed by atoms with van der Waals surface area (Å²) in [6.45, 7) is 8.20. The van der Waals surface area contributed by atoms with Crippen LogP contribution in [0.5, 0.6) is 5.75 Å². The van der Waals surface area contributed by atoms with E-state index in [4.69, 9.17) is 4.74 Å². The van der Waals surface area contributed by atoms with Gasteiger partial charge in [-0.2, -0.15) is 0 Å². The molecule has 1 aromatic carbocycles. The number of nitrogens with one attached hydrogen (secondary N) is 3. The second kappa shape index (κ2) is 8.31. The van der Waals surface area contributed by atoms with E-state index >= 15 is 0 Å². The zero-order valence-corrected chi connectivity index (χ0v) is 15.6. The van der Waals surface area contributed by atoms with Crippen LogP contribution in [-0.4, -0.2) is 36.4 Å². The van der Waals surface area contributed by atoms with E-state index in [0.29, 0.717) is 6.04 Å². The summed E-state index contributed by atoms with van der Waals surface area (Å²) >= 11 is 1.56. The van der Waals surface area contributed by atoms with E-state index in [0.717, 1.165) is 59.6 Å². The van der Waals surface area contributed by atoms with Crippen LogP contribution in [-0.2, 0) is 6.42 Å². The molecule has 0 atom stereocenters. The predicted molar refractivity (Wildman–Crippen MR) is 102 cm³/mol. The fraction of sp³-hybridized carbons (Fsp3) is 0.444. The van der Waals surface area contributed by atoms with E-state index in [1.807, 2.05) is 13.0 Å². The van der Waals surface area contributed by atoms with Crippen LogP contribution < -0.4 is 20.7 Å². The monoisotopic (exact) mass is 359 g/mol. The number of hydrogen-bond donors (Lipinski definition) is 3. The molecule has 25 heavy (non-hydrogen) atoms. The van der Waals surface area contributed by atoms with Gasteiger partial charge in [0.1, 0.15) is 10.8 Å². The summed E-state index contributed by atoms with van der Waals surface area (Å²) in [6, 6.07) is 6.66. The Morgan fingerprint density at radius 1 is 1.36 bits per heavy atom. The lowest BCUT2D eigenvalue weighted by Gasteiger charge is -2.25. The Kier molecular flexibility index (Phi) is 5.88. The highest BCUT2D eigenvalue weighted by atomic mass is 32.1. The first-order valence-electron chi connectivity index (χ1n) is 8.53. The van der Waals surface area contributed by atoms with Crippen LogP contribution in [0.3, 0.4) is 0 Å². The highest BCUT2D eigenvalue weighted by molar-refractivity contribution is 7.15. The molecule has 0 spiro atoms. The number of piperidine rings is 1. The molecule has 0 aliphatic carbocycles. The van der Waals surface area contributed by atoms with E-state index in [2.05, 4.69) is 44.9 Å². The molecule has 0 unspecified atom stereocenters. The summed E-state index contributed by atoms with van der Waals surface area (Å²) in [5.41, 5.74) is 2.33. The van der Waals surface area contributed by atoms with Gasteiger partial charge in [0.15, 0.2) is 0 Å². The van der Waals surface area contributed by atoms with Gasteiger partial charge >= 0.3 is 0 Å². The normalized spacial score (nSPS) is 15.0. The number of benzene rings is 1. The number of aromatic nitrogens is 2. The quantitative estimate of drug-likeness (QED) is 0.706. The SMILES string of the molecule is C=C(Nc1nnc(Cc2ccc(OC)c(C)c2)s1)NC1CCNCC1. The number of aryl methyl sites for hydroxylation is 1. The molecule has 2 aromatic rings. The minimum absolute atomic E-state index is 0.468. The molecule has 1 saturated heterocycles. The van der Waals surface area contributed by atoms with Gasteiger partial charge in [-0.15, -0.1) is 10.2 Å². The first-order chi connectivity index (χ1) is 12.1. The lowest BCUT2D eigenvalue weighted by atomic mass is 10.1. The molecule has 0 saturated carbocycles. The largest absolute Gasteiger partial charge is 0.496 e. The van der Waals surface area contributed by atoms with Crippen LogP contribution in [0.1, 0.15) is 29.0 Å². The van der Waals surface area contributed by atoms with Crippen molar-refractivity contribution in [1.29, 1.82) is 0 Å². The third kappa shape index (κ3) is 4.93. The first-order valence-corrected chi connectivity index (χ1v) is 9.35. The number of nitrogens with zero attached hydrogens (tertiary/aromatic N) is 2. The highest BCUT2D eigenvalue weighted by Gasteiger charge is 2.14. The summed E-state index contributed by atoms with van der Waals surface area (Å²) in [6.07, 6.45) is 2.98. The maximum atomic E-state index is 5.30. The summed E-state index contributed by atoms with van der Waals surface area (Å²) < 4.78 is 5.30. The van der Waals surface area contributed by atoms with Crippen LogP contribution >= 0.6 is 11.3 Å². The molecule has 134 valence electrons. The molecular formula is C18H25N5OS. The third-order valence-electron chi connectivity index (χ3n) is 4.26. The van der Waals surface area contributed by atoms with Gasteiger partial charge in [-0.25, -0.2) is 0 Å². The molecule has 1 aliphatic heterocycles. The van der Waals surface area contributed by atoms with E-state index < -0.39 is 0 Å². The van der Waals surface area contributed by atoms with Gasteiger partial charge in [0.05, 0.1) is 12.9 Å². The number of hydrogen-bond acceptors (Lipinski definition) is 7. The van der Waals surface area contributed by atoms with Gasteiger partial charge in [0.2, 0.25) is 5.13 Å². The van der Waals surface area contributed by atoms with E-state index in [1.54, 1.807) is 18.4 Å². The van der Waals surface area contributed by atoms with Gasteiger partial charge in [-0.05, 0) is 50.0 Å². The van der Waals surface area contributed by atoms with Crippen molar-refractivity contribution in [3.05, 3.63) is 46.7 Å². The van der Waals surface area contributed by atoms with E-state index in [1.165, 1.54) is 5.56 Å². The molecule has 6 nitrogen and oxygen atoms in total. The Morgan fingerprint density at radius 3 is 2.88 bits per heavy atom. The fourth-order valence-electron chi connectivity index (χ4n) is 2.98. The van der Waals surface area contributed by atoms with Crippen LogP contribution in [0.25, 0.3) is 0 Å². The van der Waals surface area contributed by atoms with Crippen molar-refractivity contribution >= 4 is 16.5 Å². The highest BCUT2D eigenvalue weighted by Crippen LogP contribution is 2.23. The molecule has 3 N–H and O–H groups in total. The minimum Gasteiger partial charge on any atom is -0.496 e. The van der Waals surface area contributed by atoms with Crippen LogP contribution in [0.15, 0.2) is 30.6 Å². The van der Waals surface area contributed by atoms with Crippen molar-refractivity contribution < 1.29 is 4.74 Å². The van der Waals surface area contributed by atoms with E-state index in [-0.39, 0.29) is 0 Å². The summed E-state index contributed by atoms with van der Waals surface area (Å²) in [4.78, 5) is 0. The van der Waals surface area contributed by atoms with Gasteiger partial charge in [-0.3, -0.25) is 0 Å². The molecular weight excluding hydrogens is 334 g/mol. The molecule has 0 amide bonds. The smallest absolute Gasteiger partial charge is 0.211 e. The maximum Gasteiger partial charge on any atom is 0.211 e. The second-order valence-electron chi connectivity index (χ2n) is 6.25. The first kappa shape index (κ1) is 17.7. The van der Waals surface area contributed by atoms with Crippen molar-refractivity contribution in [1.82, 2.24) is 20.8 Å². The zero-order chi connectivity index (χ0) is 17.6. The average Bonchev–Trinajstić information content (AvgIpc) is 3.02. The molecule has 1 fully saturated rings. The average molecular weight is 359 g/mol. The van der Waals surface area contributed by atoms with Crippen molar-refractivity contribution in [3.63, 3.8) is 0 Å². The molecule has 7 heteroatoms. The number of methoxy groups -OCH3 is 1. The second-order valence-corrected chi connectivity index (χ2v) is 7.32. The van der Waals surface area contributed by atoms with Gasteiger partial charge in [0, 0.05) is 12.5 Å². The predicted octanol–water partition coefficient (Wildman–Crippen LogP) is 2.67. The zero-order valence-electron chi connectivity index (χ0n) is 14.8. The van der Waals surface area contributed by atoms with Gasteiger partial charge < -0.3 is 20.7 Å². The number of ether oxygens (including phenoxy) is 1. The molecule has 0 bridgehead atoms. The Bertz CT molecular complexity index is 724. The van der Waals surface area contributed by atoms with Crippen molar-refractivity contribution in [3.8, 4) is 5.75 Å². The maximum absolute atomic E-state index is 5.30. The lowest BCUT2D eigenvalue weighted by molar-refractivity contribution is 0.411. The van der Waals surface area contributed by atoms with Crippen LogP contribution in [0.2, 0.25) is 0 Å². The summed E-state index contributed by atoms with van der Waals surface area (Å²) in [5, 5.41) is 20.3. The minimum atomic E-state index is 0.468. The molecule has 3 rings (SSSR count). The molecule has 0 radical (unpaired) electrons. The van der Waals surface area contributed by atoms with Gasteiger partial charge in [0.25, 0.3) is 0 Å². The topological polar surface area (TPSA) is 71.1 Å². The van der Waals surface area contributed by atoms with E-state index in [9.17, 15) is 0 Å². The Balaban J connectivity index is 1.54. The van der Waals surface area contributed by atoms with Gasteiger partial charge in [-0.1, -0.05) is 30.0 Å². The Hall–Kier alpha value is -2.12. The van der Waals surface area contributed by atoms with Crippen molar-refractivity contribution in [2.45, 2.75) is 32.2 Å². The van der Waals surface area contributed by atoms with Crippen LogP contribution in [0, 0.1) is 6.92 Å². The Labute approximate surface area is 152 Å². The summed E-state index contributed by atoms with van der Waals surface area (Å²) in [5.74, 6) is 1.69. The van der Waals surface area contributed by atoms with Crippen molar-refractivity contribution in [2.24, 2.45) is 0 Å². The third-order valence-corrected chi connectivity index (χ3v) is 5.10. The number of rotatable bonds is 7. The number of anilines is 1. The Morgan fingerprint density at radius 2 is 2.16 bits per heavy atom. The molecule has 1 aliphatic rings. The fourth-order valence-corrected chi connectivity index (χ4v) is 3.78. The van der Waals surface area contributed by atoms with Crippen LogP contribution in [0.4, 0.5) is 5.13 Å². The molecule has 1 aromatic heterocycles.